The molecule has 0 N–H and O–H groups in total. The summed E-state index contributed by atoms with van der Waals surface area (Å²) < 4.78 is 5.05. The van der Waals surface area contributed by atoms with Crippen molar-refractivity contribution in [3.8, 4) is 0 Å². The Kier molecular flexibility index (Phi) is 3.54. The molecular formula is C11H17N3O2. The maximum atomic E-state index is 10.9. The molecule has 1 aliphatic rings. The Morgan fingerprint density at radius 3 is 2.62 bits per heavy atom. The number of carbonyl (C=O) groups is 1. The number of aromatic nitrogens is 2. The SMILES string of the molecule is CC(=O)Cc1nc(N2CCCCCC2)no1. The normalized spacial score (nSPS) is 17.2. The van der Waals surface area contributed by atoms with Gasteiger partial charge < -0.3 is 9.42 Å². The lowest BCUT2D eigenvalue weighted by Crippen LogP contribution is -2.25. The minimum atomic E-state index is 0.0473. The summed E-state index contributed by atoms with van der Waals surface area (Å²) in [6, 6.07) is 0. The molecular weight excluding hydrogens is 206 g/mol. The summed E-state index contributed by atoms with van der Waals surface area (Å²) in [7, 11) is 0. The maximum Gasteiger partial charge on any atom is 0.266 e. The fourth-order valence-electron chi connectivity index (χ4n) is 1.93. The van der Waals surface area contributed by atoms with E-state index < -0.39 is 0 Å². The smallest absolute Gasteiger partial charge is 0.266 e. The average Bonchev–Trinajstić information content (AvgIpc) is 2.53. The Labute approximate surface area is 94.8 Å². The van der Waals surface area contributed by atoms with Crippen LogP contribution in [0.4, 0.5) is 5.95 Å². The predicted molar refractivity (Wildman–Crippen MR) is 59.4 cm³/mol. The second kappa shape index (κ2) is 5.09. The standard InChI is InChI=1S/C11H17N3O2/c1-9(15)8-10-12-11(13-16-10)14-6-4-2-3-5-7-14/h2-8H2,1H3. The number of carbonyl (C=O) groups excluding carboxylic acids is 1. The first kappa shape index (κ1) is 11.1. The van der Waals surface area contributed by atoms with Crippen molar-refractivity contribution in [2.45, 2.75) is 39.0 Å². The van der Waals surface area contributed by atoms with Crippen molar-refractivity contribution in [2.75, 3.05) is 18.0 Å². The molecule has 0 amide bonds. The van der Waals surface area contributed by atoms with Crippen LogP contribution in [-0.4, -0.2) is 29.0 Å². The van der Waals surface area contributed by atoms with Crippen LogP contribution in [-0.2, 0) is 11.2 Å². The third kappa shape index (κ3) is 2.81. The van der Waals surface area contributed by atoms with Crippen molar-refractivity contribution < 1.29 is 9.32 Å². The average molecular weight is 223 g/mol. The third-order valence-corrected chi connectivity index (χ3v) is 2.75. The van der Waals surface area contributed by atoms with E-state index in [4.69, 9.17) is 4.52 Å². The van der Waals surface area contributed by atoms with E-state index in [-0.39, 0.29) is 12.2 Å². The molecule has 0 aliphatic carbocycles. The molecule has 0 saturated carbocycles. The Morgan fingerprint density at radius 1 is 1.31 bits per heavy atom. The molecule has 0 spiro atoms. The number of rotatable bonds is 3. The zero-order valence-corrected chi connectivity index (χ0v) is 9.61. The fraction of sp³-hybridized carbons (Fsp3) is 0.727. The van der Waals surface area contributed by atoms with Gasteiger partial charge in [0.05, 0.1) is 6.42 Å². The van der Waals surface area contributed by atoms with Crippen molar-refractivity contribution in [1.29, 1.82) is 0 Å². The molecule has 16 heavy (non-hydrogen) atoms. The Balaban J connectivity index is 2.02. The summed E-state index contributed by atoms with van der Waals surface area (Å²) in [5.41, 5.74) is 0. The summed E-state index contributed by atoms with van der Waals surface area (Å²) in [5, 5.41) is 3.92. The van der Waals surface area contributed by atoms with Crippen molar-refractivity contribution >= 4 is 11.7 Å². The summed E-state index contributed by atoms with van der Waals surface area (Å²) in [4.78, 5) is 17.3. The van der Waals surface area contributed by atoms with Gasteiger partial charge >= 0.3 is 0 Å². The van der Waals surface area contributed by atoms with E-state index >= 15 is 0 Å². The van der Waals surface area contributed by atoms with Gasteiger partial charge in [0, 0.05) is 13.1 Å². The summed E-state index contributed by atoms with van der Waals surface area (Å²) in [6.45, 7) is 3.49. The van der Waals surface area contributed by atoms with E-state index in [2.05, 4.69) is 15.0 Å². The van der Waals surface area contributed by atoms with Crippen LogP contribution in [0.25, 0.3) is 0 Å². The summed E-state index contributed by atoms with van der Waals surface area (Å²) in [6.07, 6.45) is 5.14. The van der Waals surface area contributed by atoms with Crippen LogP contribution in [0.15, 0.2) is 4.52 Å². The molecule has 0 radical (unpaired) electrons. The van der Waals surface area contributed by atoms with E-state index in [0.29, 0.717) is 11.8 Å². The highest BCUT2D eigenvalue weighted by atomic mass is 16.5. The van der Waals surface area contributed by atoms with Gasteiger partial charge in [0.25, 0.3) is 5.95 Å². The molecule has 0 unspecified atom stereocenters. The molecule has 1 fully saturated rings. The molecule has 5 heteroatoms. The highest BCUT2D eigenvalue weighted by Gasteiger charge is 2.16. The van der Waals surface area contributed by atoms with Crippen molar-refractivity contribution in [1.82, 2.24) is 10.1 Å². The van der Waals surface area contributed by atoms with Gasteiger partial charge in [-0.25, -0.2) is 0 Å². The first-order valence-corrected chi connectivity index (χ1v) is 5.82. The Hall–Kier alpha value is -1.39. The quantitative estimate of drug-likeness (QED) is 0.778. The highest BCUT2D eigenvalue weighted by Crippen LogP contribution is 2.16. The number of ketones is 1. The van der Waals surface area contributed by atoms with Crippen LogP contribution in [0, 0.1) is 0 Å². The van der Waals surface area contributed by atoms with Crippen molar-refractivity contribution in [3.63, 3.8) is 0 Å². The molecule has 5 nitrogen and oxygen atoms in total. The molecule has 1 aromatic heterocycles. The minimum absolute atomic E-state index is 0.0473. The second-order valence-electron chi connectivity index (χ2n) is 4.27. The van der Waals surface area contributed by atoms with Crippen LogP contribution in [0.3, 0.4) is 0 Å². The summed E-state index contributed by atoms with van der Waals surface area (Å²) in [5.74, 6) is 1.11. The molecule has 1 aliphatic heterocycles. The lowest BCUT2D eigenvalue weighted by atomic mass is 10.2. The first-order chi connectivity index (χ1) is 7.75. The van der Waals surface area contributed by atoms with Gasteiger partial charge in [-0.2, -0.15) is 4.98 Å². The second-order valence-corrected chi connectivity index (χ2v) is 4.27. The minimum Gasteiger partial charge on any atom is -0.338 e. The van der Waals surface area contributed by atoms with Crippen LogP contribution in [0.2, 0.25) is 0 Å². The molecule has 2 heterocycles. The number of hydrogen-bond acceptors (Lipinski definition) is 5. The van der Waals surface area contributed by atoms with E-state index in [0.717, 1.165) is 13.1 Å². The van der Waals surface area contributed by atoms with Crippen LogP contribution >= 0.6 is 0 Å². The van der Waals surface area contributed by atoms with Crippen LogP contribution in [0.1, 0.15) is 38.5 Å². The lowest BCUT2D eigenvalue weighted by molar-refractivity contribution is -0.116. The molecule has 1 aromatic rings. The number of hydrogen-bond donors (Lipinski definition) is 0. The van der Waals surface area contributed by atoms with Crippen molar-refractivity contribution in [3.05, 3.63) is 5.89 Å². The van der Waals surface area contributed by atoms with Gasteiger partial charge in [0.2, 0.25) is 5.89 Å². The molecule has 0 bridgehead atoms. The third-order valence-electron chi connectivity index (χ3n) is 2.75. The van der Waals surface area contributed by atoms with E-state index in [1.165, 1.54) is 32.6 Å². The molecule has 1 saturated heterocycles. The monoisotopic (exact) mass is 223 g/mol. The molecule has 0 aromatic carbocycles. The predicted octanol–water partition coefficient (Wildman–Crippen LogP) is 1.58. The first-order valence-electron chi connectivity index (χ1n) is 5.82. The lowest BCUT2D eigenvalue weighted by Gasteiger charge is -2.16. The van der Waals surface area contributed by atoms with Gasteiger partial charge in [-0.1, -0.05) is 12.8 Å². The number of nitrogens with zero attached hydrogens (tertiary/aromatic N) is 3. The Morgan fingerprint density at radius 2 is 2.00 bits per heavy atom. The molecule has 2 rings (SSSR count). The largest absolute Gasteiger partial charge is 0.338 e. The van der Waals surface area contributed by atoms with Gasteiger partial charge in [-0.15, -0.1) is 0 Å². The Bertz CT molecular complexity index is 354. The van der Waals surface area contributed by atoms with Gasteiger partial charge in [-0.3, -0.25) is 4.79 Å². The maximum absolute atomic E-state index is 10.9. The van der Waals surface area contributed by atoms with Crippen LogP contribution < -0.4 is 4.90 Å². The van der Waals surface area contributed by atoms with E-state index in [9.17, 15) is 4.79 Å². The molecule has 88 valence electrons. The topological polar surface area (TPSA) is 59.2 Å². The number of anilines is 1. The van der Waals surface area contributed by atoms with Crippen molar-refractivity contribution in [2.24, 2.45) is 0 Å². The van der Waals surface area contributed by atoms with Gasteiger partial charge in [0.1, 0.15) is 5.78 Å². The van der Waals surface area contributed by atoms with Crippen LogP contribution in [0.5, 0.6) is 0 Å². The highest BCUT2D eigenvalue weighted by molar-refractivity contribution is 5.77. The van der Waals surface area contributed by atoms with E-state index in [1.807, 2.05) is 0 Å². The zero-order valence-electron chi connectivity index (χ0n) is 9.61. The zero-order chi connectivity index (χ0) is 11.4. The summed E-state index contributed by atoms with van der Waals surface area (Å²) >= 11 is 0. The fourth-order valence-corrected chi connectivity index (χ4v) is 1.93. The molecule has 0 atom stereocenters. The number of Topliss-reactive ketones (excluding diaryl/α,β-unsaturated/α-hetero) is 1. The van der Waals surface area contributed by atoms with Gasteiger partial charge in [0.15, 0.2) is 0 Å². The van der Waals surface area contributed by atoms with Gasteiger partial charge in [-0.05, 0) is 24.9 Å². The van der Waals surface area contributed by atoms with E-state index in [1.54, 1.807) is 0 Å².